The van der Waals surface area contributed by atoms with Crippen molar-refractivity contribution >= 4 is 28.4 Å². The van der Waals surface area contributed by atoms with Crippen LogP contribution < -0.4 is 15.8 Å². The summed E-state index contributed by atoms with van der Waals surface area (Å²) in [5.74, 6) is 0.399. The van der Waals surface area contributed by atoms with E-state index in [-0.39, 0.29) is 6.04 Å². The third-order valence-electron chi connectivity index (χ3n) is 5.87. The van der Waals surface area contributed by atoms with Crippen LogP contribution >= 0.6 is 0 Å². The normalized spacial score (nSPS) is 11.1. The van der Waals surface area contributed by atoms with E-state index in [2.05, 4.69) is 39.9 Å². The molecule has 5 rings (SSSR count). The van der Waals surface area contributed by atoms with E-state index in [0.717, 1.165) is 27.7 Å². The van der Waals surface area contributed by atoms with E-state index < -0.39 is 5.91 Å². The average molecular weight is 479 g/mol. The van der Waals surface area contributed by atoms with Crippen LogP contribution in [0.1, 0.15) is 35.8 Å². The van der Waals surface area contributed by atoms with Gasteiger partial charge in [-0.05, 0) is 49.7 Å². The Morgan fingerprint density at radius 3 is 2.69 bits per heavy atom. The minimum absolute atomic E-state index is 0.269. The molecule has 8 nitrogen and oxygen atoms in total. The standard InChI is InChI=1S/C28H26N6O2/c1-18(2)34-16-22(21-10-12-30-15-25(21)34)23-11-13-31-28(32-23)33-24-14-20(27(29)35)8-9-26(24)36-17-19-6-4-3-5-7-19/h3-16,18H,17H2,1-2H3,(H2,29,35)(H,31,32,33). The van der Waals surface area contributed by atoms with Crippen molar-refractivity contribution in [2.75, 3.05) is 5.32 Å². The molecule has 0 saturated heterocycles. The lowest BCUT2D eigenvalue weighted by atomic mass is 10.1. The van der Waals surface area contributed by atoms with Gasteiger partial charge in [-0.3, -0.25) is 9.78 Å². The van der Waals surface area contributed by atoms with Crippen molar-refractivity contribution in [3.05, 3.63) is 96.6 Å². The summed E-state index contributed by atoms with van der Waals surface area (Å²) in [6, 6.07) is 19.0. The highest BCUT2D eigenvalue weighted by molar-refractivity contribution is 5.95. The summed E-state index contributed by atoms with van der Waals surface area (Å²) in [6.45, 7) is 4.63. The van der Waals surface area contributed by atoms with Crippen LogP contribution in [0.5, 0.6) is 5.75 Å². The minimum atomic E-state index is -0.530. The molecule has 0 fully saturated rings. The molecule has 0 unspecified atom stereocenters. The first-order valence-electron chi connectivity index (χ1n) is 11.6. The molecular weight excluding hydrogens is 452 g/mol. The Bertz CT molecular complexity index is 1530. The van der Waals surface area contributed by atoms with Crippen molar-refractivity contribution in [1.82, 2.24) is 19.5 Å². The second kappa shape index (κ2) is 9.87. The molecule has 3 heterocycles. The van der Waals surface area contributed by atoms with Crippen LogP contribution in [0.4, 0.5) is 11.6 Å². The van der Waals surface area contributed by atoms with Crippen molar-refractivity contribution in [3.63, 3.8) is 0 Å². The van der Waals surface area contributed by atoms with Gasteiger partial charge in [0, 0.05) is 41.1 Å². The van der Waals surface area contributed by atoms with Gasteiger partial charge in [0.1, 0.15) is 12.4 Å². The van der Waals surface area contributed by atoms with Gasteiger partial charge in [-0.25, -0.2) is 9.97 Å². The number of fused-ring (bicyclic) bond motifs is 1. The number of anilines is 2. The summed E-state index contributed by atoms with van der Waals surface area (Å²) in [5, 5.41) is 4.28. The van der Waals surface area contributed by atoms with Crippen LogP contribution in [-0.2, 0) is 6.61 Å². The molecule has 8 heteroatoms. The Hall–Kier alpha value is -4.72. The van der Waals surface area contributed by atoms with E-state index in [1.165, 1.54) is 0 Å². The second-order valence-corrected chi connectivity index (χ2v) is 8.68. The maximum absolute atomic E-state index is 11.8. The SMILES string of the molecule is CC(C)n1cc(-c2ccnc(Nc3cc(C(N)=O)ccc3OCc3ccccc3)n2)c2ccncc21. The first-order chi connectivity index (χ1) is 17.5. The largest absolute Gasteiger partial charge is 0.487 e. The topological polar surface area (TPSA) is 108 Å². The molecule has 0 spiro atoms. The molecule has 2 aromatic carbocycles. The highest BCUT2D eigenvalue weighted by Crippen LogP contribution is 2.33. The summed E-state index contributed by atoms with van der Waals surface area (Å²) in [6.07, 6.45) is 7.44. The van der Waals surface area contributed by atoms with E-state index in [1.54, 1.807) is 30.6 Å². The highest BCUT2D eigenvalue weighted by Gasteiger charge is 2.15. The first-order valence-corrected chi connectivity index (χ1v) is 11.6. The van der Waals surface area contributed by atoms with Gasteiger partial charge in [-0.1, -0.05) is 30.3 Å². The highest BCUT2D eigenvalue weighted by atomic mass is 16.5. The van der Waals surface area contributed by atoms with Crippen LogP contribution in [0, 0.1) is 0 Å². The molecule has 5 aromatic rings. The van der Waals surface area contributed by atoms with E-state index >= 15 is 0 Å². The summed E-state index contributed by atoms with van der Waals surface area (Å²) in [5.41, 5.74) is 10.2. The number of primary amides is 1. The summed E-state index contributed by atoms with van der Waals surface area (Å²) < 4.78 is 8.23. The molecule has 36 heavy (non-hydrogen) atoms. The average Bonchev–Trinajstić information content (AvgIpc) is 3.29. The fourth-order valence-electron chi connectivity index (χ4n) is 4.06. The molecular formula is C28H26N6O2. The number of aromatic nitrogens is 4. The maximum Gasteiger partial charge on any atom is 0.248 e. The molecule has 0 aliphatic heterocycles. The lowest BCUT2D eigenvalue weighted by molar-refractivity contribution is 0.100. The van der Waals surface area contributed by atoms with Gasteiger partial charge in [-0.2, -0.15) is 0 Å². The molecule has 3 aromatic heterocycles. The van der Waals surface area contributed by atoms with Gasteiger partial charge < -0.3 is 20.4 Å². The third-order valence-corrected chi connectivity index (χ3v) is 5.87. The Kier molecular flexibility index (Phi) is 6.32. The van der Waals surface area contributed by atoms with Crippen LogP contribution in [0.3, 0.4) is 0 Å². The lowest BCUT2D eigenvalue weighted by Crippen LogP contribution is -2.11. The van der Waals surface area contributed by atoms with Crippen molar-refractivity contribution in [2.24, 2.45) is 5.73 Å². The zero-order chi connectivity index (χ0) is 25.1. The van der Waals surface area contributed by atoms with Crippen molar-refractivity contribution < 1.29 is 9.53 Å². The van der Waals surface area contributed by atoms with Crippen molar-refractivity contribution in [2.45, 2.75) is 26.5 Å². The molecule has 1 amide bonds. The van der Waals surface area contributed by atoms with Gasteiger partial charge in [0.25, 0.3) is 0 Å². The van der Waals surface area contributed by atoms with Gasteiger partial charge in [0.05, 0.1) is 23.1 Å². The van der Waals surface area contributed by atoms with Crippen molar-refractivity contribution in [1.29, 1.82) is 0 Å². The summed E-state index contributed by atoms with van der Waals surface area (Å²) >= 11 is 0. The van der Waals surface area contributed by atoms with Gasteiger partial charge in [0.15, 0.2) is 0 Å². The number of nitrogens with two attached hydrogens (primary N) is 1. The number of hydrogen-bond donors (Lipinski definition) is 2. The number of carbonyl (C=O) groups is 1. The molecule has 0 aliphatic carbocycles. The number of rotatable bonds is 8. The summed E-state index contributed by atoms with van der Waals surface area (Å²) in [7, 11) is 0. The fraction of sp³-hybridized carbons (Fsp3) is 0.143. The number of amides is 1. The van der Waals surface area contributed by atoms with Gasteiger partial charge in [-0.15, -0.1) is 0 Å². The number of ether oxygens (including phenoxy) is 1. The van der Waals surface area contributed by atoms with E-state index in [0.29, 0.717) is 29.6 Å². The molecule has 0 bridgehead atoms. The predicted octanol–water partition coefficient (Wildman–Crippen LogP) is 5.50. The first kappa shape index (κ1) is 23.0. The van der Waals surface area contributed by atoms with Crippen LogP contribution in [0.15, 0.2) is 85.5 Å². The Morgan fingerprint density at radius 2 is 1.92 bits per heavy atom. The smallest absolute Gasteiger partial charge is 0.248 e. The molecule has 3 N–H and O–H groups in total. The monoisotopic (exact) mass is 478 g/mol. The van der Waals surface area contributed by atoms with E-state index in [4.69, 9.17) is 15.5 Å². The third kappa shape index (κ3) is 4.74. The zero-order valence-corrected chi connectivity index (χ0v) is 20.1. The Labute approximate surface area is 208 Å². The van der Waals surface area contributed by atoms with Gasteiger partial charge in [0.2, 0.25) is 11.9 Å². The number of carbonyl (C=O) groups excluding carboxylic acids is 1. The second-order valence-electron chi connectivity index (χ2n) is 8.68. The van der Waals surface area contributed by atoms with E-state index in [1.807, 2.05) is 48.7 Å². The fourth-order valence-corrected chi connectivity index (χ4v) is 4.06. The Balaban J connectivity index is 1.49. The predicted molar refractivity (Wildman–Crippen MR) is 140 cm³/mol. The molecule has 0 radical (unpaired) electrons. The molecule has 0 saturated carbocycles. The van der Waals surface area contributed by atoms with Gasteiger partial charge >= 0.3 is 0 Å². The maximum atomic E-state index is 11.8. The van der Waals surface area contributed by atoms with Crippen LogP contribution in [-0.4, -0.2) is 25.4 Å². The number of nitrogens with zero attached hydrogens (tertiary/aromatic N) is 4. The minimum Gasteiger partial charge on any atom is -0.487 e. The Morgan fingerprint density at radius 1 is 1.08 bits per heavy atom. The van der Waals surface area contributed by atoms with E-state index in [9.17, 15) is 4.79 Å². The number of pyridine rings is 1. The zero-order valence-electron chi connectivity index (χ0n) is 20.1. The van der Waals surface area contributed by atoms with Crippen LogP contribution in [0.2, 0.25) is 0 Å². The quantitative estimate of drug-likeness (QED) is 0.305. The summed E-state index contributed by atoms with van der Waals surface area (Å²) in [4.78, 5) is 25.3. The number of nitrogens with one attached hydrogen (secondary N) is 1. The molecule has 0 aliphatic rings. The molecule has 180 valence electrons. The van der Waals surface area contributed by atoms with Crippen molar-refractivity contribution in [3.8, 4) is 17.0 Å². The number of hydrogen-bond acceptors (Lipinski definition) is 6. The lowest BCUT2D eigenvalue weighted by Gasteiger charge is -2.14. The molecule has 0 atom stereocenters. The number of benzene rings is 2. The van der Waals surface area contributed by atoms with Crippen LogP contribution in [0.25, 0.3) is 22.2 Å².